The van der Waals surface area contributed by atoms with Crippen LogP contribution in [0.1, 0.15) is 15.9 Å². The van der Waals surface area contributed by atoms with Crippen molar-refractivity contribution < 1.29 is 31.5 Å². The van der Waals surface area contributed by atoms with Gasteiger partial charge >= 0.3 is 12.8 Å². The van der Waals surface area contributed by atoms with Crippen LogP contribution in [0.4, 0.5) is 33.3 Å². The number of ether oxygens (including phenoxy) is 1. The Morgan fingerprint density at radius 2 is 1.77 bits per heavy atom. The number of anilines is 2. The highest BCUT2D eigenvalue weighted by molar-refractivity contribution is 6.05. The van der Waals surface area contributed by atoms with Crippen LogP contribution in [0.5, 0.6) is 5.75 Å². The zero-order chi connectivity index (χ0) is 21.9. The van der Waals surface area contributed by atoms with Gasteiger partial charge in [-0.1, -0.05) is 6.07 Å². The molecule has 1 fully saturated rings. The van der Waals surface area contributed by atoms with E-state index >= 15 is 0 Å². The quantitative estimate of drug-likeness (QED) is 0.720. The van der Waals surface area contributed by atoms with Crippen LogP contribution in [0.15, 0.2) is 42.5 Å². The highest BCUT2D eigenvalue weighted by Crippen LogP contribution is 2.37. The van der Waals surface area contributed by atoms with Crippen LogP contribution in [-0.4, -0.2) is 50.6 Å². The minimum absolute atomic E-state index is 0.107. The number of rotatable bonds is 5. The Morgan fingerprint density at radius 3 is 2.40 bits per heavy atom. The first-order valence-corrected chi connectivity index (χ1v) is 9.14. The van der Waals surface area contributed by atoms with Crippen molar-refractivity contribution in [2.45, 2.75) is 12.8 Å². The second-order valence-electron chi connectivity index (χ2n) is 6.88. The van der Waals surface area contributed by atoms with Gasteiger partial charge in [-0.3, -0.25) is 4.79 Å². The molecule has 2 aromatic carbocycles. The van der Waals surface area contributed by atoms with Crippen LogP contribution in [-0.2, 0) is 6.18 Å². The van der Waals surface area contributed by atoms with Gasteiger partial charge < -0.3 is 19.9 Å². The van der Waals surface area contributed by atoms with E-state index in [0.29, 0.717) is 18.8 Å². The first kappa shape index (κ1) is 21.8. The number of nitrogens with zero attached hydrogens (tertiary/aromatic N) is 2. The zero-order valence-corrected chi connectivity index (χ0v) is 16.0. The van der Waals surface area contributed by atoms with E-state index in [1.165, 1.54) is 30.3 Å². The molecule has 0 aliphatic carbocycles. The molecular formula is C20H20F5N3O2. The monoisotopic (exact) mass is 429 g/mol. The number of carbonyl (C=O) groups excluding carboxylic acids is 1. The minimum Gasteiger partial charge on any atom is -0.435 e. The molecule has 0 unspecified atom stereocenters. The van der Waals surface area contributed by atoms with E-state index in [-0.39, 0.29) is 11.3 Å². The number of nitrogens with one attached hydrogen (secondary N) is 1. The van der Waals surface area contributed by atoms with Gasteiger partial charge in [0.25, 0.3) is 5.91 Å². The number of halogens is 5. The van der Waals surface area contributed by atoms with Crippen molar-refractivity contribution in [1.29, 1.82) is 0 Å². The summed E-state index contributed by atoms with van der Waals surface area (Å²) in [5.41, 5.74) is -1.08. The summed E-state index contributed by atoms with van der Waals surface area (Å²) in [6.07, 6.45) is -4.69. The summed E-state index contributed by atoms with van der Waals surface area (Å²) in [6.45, 7) is -0.428. The molecule has 1 aliphatic heterocycles. The van der Waals surface area contributed by atoms with Crippen LogP contribution in [0.2, 0.25) is 0 Å². The number of amides is 1. The normalized spacial score (nSPS) is 15.4. The highest BCUT2D eigenvalue weighted by atomic mass is 19.4. The number of likely N-dealkylation sites (N-methyl/N-ethyl adjacent to an activating group) is 1. The van der Waals surface area contributed by atoms with Crippen LogP contribution < -0.4 is 15.0 Å². The first-order valence-electron chi connectivity index (χ1n) is 9.14. The summed E-state index contributed by atoms with van der Waals surface area (Å²) in [5.74, 6) is -1.13. The molecule has 1 amide bonds. The molecule has 1 heterocycles. The molecule has 1 N–H and O–H groups in total. The molecule has 0 saturated carbocycles. The van der Waals surface area contributed by atoms with Crippen molar-refractivity contribution in [2.24, 2.45) is 0 Å². The lowest BCUT2D eigenvalue weighted by Gasteiger charge is -2.34. The van der Waals surface area contributed by atoms with Gasteiger partial charge in [0.05, 0.1) is 11.3 Å². The molecule has 1 aliphatic rings. The Labute approximate surface area is 170 Å². The Morgan fingerprint density at radius 1 is 1.07 bits per heavy atom. The second-order valence-corrected chi connectivity index (χ2v) is 6.88. The number of hydrogen-bond acceptors (Lipinski definition) is 4. The van der Waals surface area contributed by atoms with Gasteiger partial charge in [0.2, 0.25) is 0 Å². The van der Waals surface area contributed by atoms with Gasteiger partial charge in [-0.15, -0.1) is 0 Å². The molecule has 0 aromatic heterocycles. The number of benzene rings is 2. The Bertz CT molecular complexity index is 896. The predicted octanol–water partition coefficient (Wildman–Crippen LogP) is 4.31. The van der Waals surface area contributed by atoms with Crippen molar-refractivity contribution in [3.05, 3.63) is 53.6 Å². The van der Waals surface area contributed by atoms with Gasteiger partial charge in [-0.2, -0.15) is 22.0 Å². The maximum absolute atomic E-state index is 13.6. The van der Waals surface area contributed by atoms with E-state index in [2.05, 4.69) is 15.0 Å². The molecule has 10 heteroatoms. The van der Waals surface area contributed by atoms with Crippen molar-refractivity contribution >= 4 is 17.3 Å². The average Bonchev–Trinajstić information content (AvgIpc) is 2.68. The van der Waals surface area contributed by atoms with E-state index in [4.69, 9.17) is 0 Å². The molecule has 0 atom stereocenters. The smallest absolute Gasteiger partial charge is 0.418 e. The number of piperazine rings is 1. The third kappa shape index (κ3) is 5.38. The van der Waals surface area contributed by atoms with Crippen LogP contribution >= 0.6 is 0 Å². The molecule has 0 bridgehead atoms. The third-order valence-electron chi connectivity index (χ3n) is 4.75. The van der Waals surface area contributed by atoms with E-state index in [9.17, 15) is 26.7 Å². The lowest BCUT2D eigenvalue weighted by atomic mass is 10.1. The predicted molar refractivity (Wildman–Crippen MR) is 102 cm³/mol. The van der Waals surface area contributed by atoms with Crippen molar-refractivity contribution in [3.8, 4) is 5.75 Å². The zero-order valence-electron chi connectivity index (χ0n) is 16.0. The molecule has 2 aromatic rings. The topological polar surface area (TPSA) is 44.8 Å². The Balaban J connectivity index is 1.84. The fourth-order valence-electron chi connectivity index (χ4n) is 3.15. The van der Waals surface area contributed by atoms with E-state index in [0.717, 1.165) is 25.2 Å². The van der Waals surface area contributed by atoms with E-state index in [1.54, 1.807) is 0 Å². The lowest BCUT2D eigenvalue weighted by Crippen LogP contribution is -2.44. The standard InChI is InChI=1S/C20H20F5N3O2/c1-27-7-9-28(10-8-27)14-5-6-17(16(12-14)20(23,24)25)26-18(29)13-3-2-4-15(11-13)30-19(21)22/h2-6,11-12,19H,7-10H2,1H3,(H,26,29). The lowest BCUT2D eigenvalue weighted by molar-refractivity contribution is -0.136. The van der Waals surface area contributed by atoms with E-state index in [1.807, 2.05) is 11.9 Å². The van der Waals surface area contributed by atoms with Gasteiger partial charge in [0.15, 0.2) is 0 Å². The largest absolute Gasteiger partial charge is 0.435 e. The molecular weight excluding hydrogens is 409 g/mol. The number of alkyl halides is 5. The SMILES string of the molecule is CN1CCN(c2ccc(NC(=O)c3cccc(OC(F)F)c3)c(C(F)(F)F)c2)CC1. The minimum atomic E-state index is -4.69. The van der Waals surface area contributed by atoms with Crippen LogP contribution in [0.25, 0.3) is 0 Å². The Hall–Kier alpha value is -2.88. The fraction of sp³-hybridized carbons (Fsp3) is 0.350. The summed E-state index contributed by atoms with van der Waals surface area (Å²) < 4.78 is 69.8. The van der Waals surface area contributed by atoms with Crippen LogP contribution in [0, 0.1) is 0 Å². The van der Waals surface area contributed by atoms with Gasteiger partial charge in [0, 0.05) is 37.4 Å². The third-order valence-corrected chi connectivity index (χ3v) is 4.75. The van der Waals surface area contributed by atoms with Gasteiger partial charge in [-0.05, 0) is 43.4 Å². The summed E-state index contributed by atoms with van der Waals surface area (Å²) in [7, 11) is 1.94. The first-order chi connectivity index (χ1) is 14.1. The van der Waals surface area contributed by atoms with E-state index < -0.39 is 29.9 Å². The molecule has 0 spiro atoms. The van der Waals surface area contributed by atoms with Crippen LogP contribution in [0.3, 0.4) is 0 Å². The fourth-order valence-corrected chi connectivity index (χ4v) is 3.15. The summed E-state index contributed by atoms with van der Waals surface area (Å²) in [5, 5.41) is 2.22. The molecule has 30 heavy (non-hydrogen) atoms. The molecule has 162 valence electrons. The maximum Gasteiger partial charge on any atom is 0.418 e. The second kappa shape index (κ2) is 8.86. The number of carbonyl (C=O) groups is 1. The molecule has 3 rings (SSSR count). The Kier molecular flexibility index (Phi) is 6.45. The highest BCUT2D eigenvalue weighted by Gasteiger charge is 2.35. The average molecular weight is 429 g/mol. The molecule has 5 nitrogen and oxygen atoms in total. The molecule has 0 radical (unpaired) electrons. The summed E-state index contributed by atoms with van der Waals surface area (Å²) in [4.78, 5) is 16.4. The van der Waals surface area contributed by atoms with Crippen molar-refractivity contribution in [1.82, 2.24) is 4.90 Å². The maximum atomic E-state index is 13.6. The summed E-state index contributed by atoms with van der Waals surface area (Å²) in [6, 6.07) is 8.58. The van der Waals surface area contributed by atoms with Gasteiger partial charge in [-0.25, -0.2) is 0 Å². The van der Waals surface area contributed by atoms with Crippen molar-refractivity contribution in [2.75, 3.05) is 43.4 Å². The van der Waals surface area contributed by atoms with Crippen molar-refractivity contribution in [3.63, 3.8) is 0 Å². The summed E-state index contributed by atoms with van der Waals surface area (Å²) >= 11 is 0. The molecule has 1 saturated heterocycles. The number of hydrogen-bond donors (Lipinski definition) is 1. The van der Waals surface area contributed by atoms with Gasteiger partial charge in [0.1, 0.15) is 5.75 Å².